The van der Waals surface area contributed by atoms with Gasteiger partial charge in [-0.05, 0) is 85.5 Å². The molecule has 0 aromatic carbocycles. The molecule has 0 fully saturated rings. The molecule has 120 valence electrons. The summed E-state index contributed by atoms with van der Waals surface area (Å²) < 4.78 is 0. The van der Waals surface area contributed by atoms with Crippen LogP contribution < -0.4 is 0 Å². The molecule has 1 N–H and O–H groups in total. The van der Waals surface area contributed by atoms with Crippen molar-refractivity contribution < 1.29 is 5.11 Å². The molecule has 0 amide bonds. The fraction of sp³-hybridized carbons (Fsp3) is 0.700. The van der Waals surface area contributed by atoms with Crippen molar-refractivity contribution in [1.82, 2.24) is 0 Å². The first-order valence-electron chi connectivity index (χ1n) is 8.48. The molecule has 0 spiro atoms. The van der Waals surface area contributed by atoms with Crippen LogP contribution in [-0.4, -0.2) is 10.7 Å². The van der Waals surface area contributed by atoms with Gasteiger partial charge in [0, 0.05) is 0 Å². The fourth-order valence-corrected chi connectivity index (χ4v) is 2.90. The number of rotatable bonds is 1. The summed E-state index contributed by atoms with van der Waals surface area (Å²) >= 11 is 0. The first kappa shape index (κ1) is 18.2. The zero-order valence-corrected chi connectivity index (χ0v) is 14.7. The van der Waals surface area contributed by atoms with Crippen LogP contribution in [0.2, 0.25) is 0 Å². The maximum atomic E-state index is 10.4. The Kier molecular flexibility index (Phi) is 7.45. The number of aliphatic hydroxyl groups is 1. The topological polar surface area (TPSA) is 20.2 Å². The highest BCUT2D eigenvalue weighted by Gasteiger charge is 2.25. The van der Waals surface area contributed by atoms with Gasteiger partial charge >= 0.3 is 0 Å². The lowest BCUT2D eigenvalue weighted by molar-refractivity contribution is 0.0145. The number of allylic oxidation sites excluding steroid dienone is 6. The van der Waals surface area contributed by atoms with Gasteiger partial charge in [-0.2, -0.15) is 0 Å². The SMILES string of the molecule is C/C1=C\CC/C(C)=C/C[C@H](C(C)(C)O)CC/C(C)=C/CC1. The zero-order chi connectivity index (χ0) is 15.9. The standard InChI is InChI=1S/C20H34O/c1-16-8-6-10-17(2)12-14-19(20(4,5)21)15-13-18(3)11-7-9-16/h8,11-12,19,21H,6-7,9-10,13-15H2,1-5H3/b16-8+,17-12+,18-11+/t19-/m0/s1. The highest BCUT2D eigenvalue weighted by Crippen LogP contribution is 2.28. The Balaban J connectivity index is 2.83. The van der Waals surface area contributed by atoms with Crippen LogP contribution in [0.25, 0.3) is 0 Å². The van der Waals surface area contributed by atoms with Gasteiger partial charge < -0.3 is 5.11 Å². The molecule has 1 nitrogen and oxygen atoms in total. The lowest BCUT2D eigenvalue weighted by atomic mass is 9.83. The summed E-state index contributed by atoms with van der Waals surface area (Å²) in [5.74, 6) is 0.344. The van der Waals surface area contributed by atoms with E-state index >= 15 is 0 Å². The molecule has 1 heteroatoms. The fourth-order valence-electron chi connectivity index (χ4n) is 2.90. The van der Waals surface area contributed by atoms with E-state index in [1.165, 1.54) is 23.1 Å². The first-order chi connectivity index (χ1) is 9.79. The minimum absolute atomic E-state index is 0.344. The van der Waals surface area contributed by atoms with Gasteiger partial charge in [0.15, 0.2) is 0 Å². The maximum absolute atomic E-state index is 10.4. The van der Waals surface area contributed by atoms with Crippen LogP contribution in [0.15, 0.2) is 34.9 Å². The third-order valence-corrected chi connectivity index (χ3v) is 4.70. The van der Waals surface area contributed by atoms with Gasteiger partial charge in [0.2, 0.25) is 0 Å². The molecular weight excluding hydrogens is 256 g/mol. The Labute approximate surface area is 131 Å². The van der Waals surface area contributed by atoms with Gasteiger partial charge in [-0.25, -0.2) is 0 Å². The molecule has 1 atom stereocenters. The van der Waals surface area contributed by atoms with E-state index in [0.717, 1.165) is 38.5 Å². The largest absolute Gasteiger partial charge is 0.390 e. The molecule has 0 heterocycles. The molecule has 0 aromatic heterocycles. The highest BCUT2D eigenvalue weighted by molar-refractivity contribution is 5.07. The van der Waals surface area contributed by atoms with Crippen LogP contribution in [0.3, 0.4) is 0 Å². The average Bonchev–Trinajstić information content (AvgIpc) is 2.36. The Bertz CT molecular complexity index is 404. The summed E-state index contributed by atoms with van der Waals surface area (Å²) in [6, 6.07) is 0. The van der Waals surface area contributed by atoms with Crippen molar-refractivity contribution in [1.29, 1.82) is 0 Å². The van der Waals surface area contributed by atoms with Crippen molar-refractivity contribution in [2.45, 2.75) is 85.2 Å². The van der Waals surface area contributed by atoms with E-state index in [1.54, 1.807) is 0 Å². The molecule has 0 radical (unpaired) electrons. The predicted octanol–water partition coefficient (Wildman–Crippen LogP) is 5.96. The maximum Gasteiger partial charge on any atom is 0.0622 e. The lowest BCUT2D eigenvalue weighted by Crippen LogP contribution is -2.30. The molecular formula is C20H34O. The van der Waals surface area contributed by atoms with E-state index in [9.17, 15) is 5.11 Å². The molecule has 0 aromatic rings. The van der Waals surface area contributed by atoms with Crippen molar-refractivity contribution in [2.24, 2.45) is 5.92 Å². The van der Waals surface area contributed by atoms with Crippen LogP contribution in [0.5, 0.6) is 0 Å². The Hall–Kier alpha value is -0.820. The van der Waals surface area contributed by atoms with Gasteiger partial charge in [0.05, 0.1) is 5.60 Å². The smallest absolute Gasteiger partial charge is 0.0622 e. The summed E-state index contributed by atoms with van der Waals surface area (Å²) in [6.45, 7) is 10.6. The average molecular weight is 290 g/mol. The van der Waals surface area contributed by atoms with Gasteiger partial charge in [-0.3, -0.25) is 0 Å². The Morgan fingerprint density at radius 2 is 1.33 bits per heavy atom. The first-order valence-corrected chi connectivity index (χ1v) is 8.48. The lowest BCUT2D eigenvalue weighted by Gasteiger charge is -2.29. The van der Waals surface area contributed by atoms with E-state index in [-0.39, 0.29) is 0 Å². The Morgan fingerprint density at radius 1 is 0.857 bits per heavy atom. The van der Waals surface area contributed by atoms with Gasteiger partial charge in [0.1, 0.15) is 0 Å². The second kappa shape index (κ2) is 8.58. The number of hydrogen-bond acceptors (Lipinski definition) is 1. The van der Waals surface area contributed by atoms with E-state index in [4.69, 9.17) is 0 Å². The van der Waals surface area contributed by atoms with Crippen molar-refractivity contribution in [3.63, 3.8) is 0 Å². The normalized spacial score (nSPS) is 31.1. The van der Waals surface area contributed by atoms with Gasteiger partial charge in [-0.15, -0.1) is 0 Å². The molecule has 21 heavy (non-hydrogen) atoms. The minimum atomic E-state index is -0.593. The third kappa shape index (κ3) is 7.66. The summed E-state index contributed by atoms with van der Waals surface area (Å²) in [5.41, 5.74) is 3.84. The molecule has 0 bridgehead atoms. The van der Waals surface area contributed by atoms with Gasteiger partial charge in [-0.1, -0.05) is 34.9 Å². The monoisotopic (exact) mass is 290 g/mol. The highest BCUT2D eigenvalue weighted by atomic mass is 16.3. The second-order valence-corrected chi connectivity index (χ2v) is 7.35. The van der Waals surface area contributed by atoms with Crippen LogP contribution in [0.4, 0.5) is 0 Å². The quantitative estimate of drug-likeness (QED) is 0.591. The van der Waals surface area contributed by atoms with Crippen LogP contribution in [0.1, 0.15) is 79.6 Å². The van der Waals surface area contributed by atoms with Crippen LogP contribution >= 0.6 is 0 Å². The van der Waals surface area contributed by atoms with Gasteiger partial charge in [0.25, 0.3) is 0 Å². The molecule has 1 rings (SSSR count). The third-order valence-electron chi connectivity index (χ3n) is 4.70. The molecule has 1 aliphatic carbocycles. The Morgan fingerprint density at radius 3 is 1.86 bits per heavy atom. The minimum Gasteiger partial charge on any atom is -0.390 e. The zero-order valence-electron chi connectivity index (χ0n) is 14.7. The van der Waals surface area contributed by atoms with E-state index < -0.39 is 5.60 Å². The van der Waals surface area contributed by atoms with Crippen molar-refractivity contribution in [3.8, 4) is 0 Å². The van der Waals surface area contributed by atoms with Crippen molar-refractivity contribution >= 4 is 0 Å². The van der Waals surface area contributed by atoms with Crippen molar-refractivity contribution in [3.05, 3.63) is 34.9 Å². The second-order valence-electron chi connectivity index (χ2n) is 7.35. The predicted molar refractivity (Wildman–Crippen MR) is 93.4 cm³/mol. The van der Waals surface area contributed by atoms with E-state index in [1.807, 2.05) is 13.8 Å². The summed E-state index contributed by atoms with van der Waals surface area (Å²) in [6.07, 6.45) is 14.9. The molecule has 1 aliphatic rings. The van der Waals surface area contributed by atoms with Crippen LogP contribution in [-0.2, 0) is 0 Å². The van der Waals surface area contributed by atoms with Crippen molar-refractivity contribution in [2.75, 3.05) is 0 Å². The van der Waals surface area contributed by atoms with E-state index in [2.05, 4.69) is 39.0 Å². The summed E-state index contributed by atoms with van der Waals surface area (Å²) in [7, 11) is 0. The van der Waals surface area contributed by atoms with E-state index in [0.29, 0.717) is 5.92 Å². The summed E-state index contributed by atoms with van der Waals surface area (Å²) in [5, 5.41) is 10.4. The molecule has 0 saturated heterocycles. The van der Waals surface area contributed by atoms with Crippen LogP contribution in [0, 0.1) is 5.92 Å². The molecule has 0 saturated carbocycles. The molecule has 0 unspecified atom stereocenters. The molecule has 0 aliphatic heterocycles. The number of hydrogen-bond donors (Lipinski definition) is 1. The summed E-state index contributed by atoms with van der Waals surface area (Å²) in [4.78, 5) is 0.